The van der Waals surface area contributed by atoms with E-state index in [1.54, 1.807) is 0 Å². The van der Waals surface area contributed by atoms with E-state index in [2.05, 4.69) is 24.5 Å². The molecule has 0 radical (unpaired) electrons. The Hall–Kier alpha value is -0.120. The van der Waals surface area contributed by atoms with E-state index in [1.165, 1.54) is 25.9 Å². The molecule has 1 rings (SSSR count). The molecular formula is C12H26N2O. The monoisotopic (exact) mass is 214 g/mol. The molecule has 1 aliphatic heterocycles. The van der Waals surface area contributed by atoms with Gasteiger partial charge in [0.2, 0.25) is 0 Å². The van der Waals surface area contributed by atoms with Crippen molar-refractivity contribution in [1.29, 1.82) is 0 Å². The molecule has 0 aromatic carbocycles. The van der Waals surface area contributed by atoms with Crippen molar-refractivity contribution in [3.05, 3.63) is 0 Å². The third-order valence-corrected chi connectivity index (χ3v) is 3.37. The van der Waals surface area contributed by atoms with Gasteiger partial charge in [0.05, 0.1) is 0 Å². The molecule has 15 heavy (non-hydrogen) atoms. The Bertz CT molecular complexity index is 156. The zero-order valence-electron chi connectivity index (χ0n) is 10.1. The van der Waals surface area contributed by atoms with Crippen molar-refractivity contribution in [3.8, 4) is 0 Å². The smallest absolute Gasteiger partial charge is 0.0445 e. The number of nitrogens with one attached hydrogen (secondary N) is 2. The normalized spacial score (nSPS) is 20.8. The first-order valence-electron chi connectivity index (χ1n) is 6.29. The maximum Gasteiger partial charge on any atom is 0.0445 e. The number of aliphatic hydroxyl groups is 1. The van der Waals surface area contributed by atoms with Gasteiger partial charge in [-0.25, -0.2) is 0 Å². The number of hydrogen-bond donors (Lipinski definition) is 3. The van der Waals surface area contributed by atoms with Crippen LogP contribution in [0.3, 0.4) is 0 Å². The van der Waals surface area contributed by atoms with Gasteiger partial charge in [-0.05, 0) is 50.7 Å². The molecule has 90 valence electrons. The van der Waals surface area contributed by atoms with Crippen molar-refractivity contribution in [2.45, 2.75) is 39.2 Å². The lowest BCUT2D eigenvalue weighted by molar-refractivity contribution is 0.234. The van der Waals surface area contributed by atoms with Crippen LogP contribution in [-0.2, 0) is 0 Å². The third kappa shape index (κ3) is 4.96. The molecule has 1 atom stereocenters. The molecule has 0 aliphatic carbocycles. The Labute approximate surface area is 93.6 Å². The van der Waals surface area contributed by atoms with Crippen molar-refractivity contribution in [3.63, 3.8) is 0 Å². The summed E-state index contributed by atoms with van der Waals surface area (Å²) in [6.07, 6.45) is 3.45. The van der Waals surface area contributed by atoms with Gasteiger partial charge < -0.3 is 15.7 Å². The predicted molar refractivity (Wildman–Crippen MR) is 63.9 cm³/mol. The summed E-state index contributed by atoms with van der Waals surface area (Å²) in [5, 5.41) is 16.0. The number of aliphatic hydroxyl groups excluding tert-OH is 1. The van der Waals surface area contributed by atoms with Gasteiger partial charge in [-0.3, -0.25) is 0 Å². The van der Waals surface area contributed by atoms with Crippen LogP contribution in [0.25, 0.3) is 0 Å². The highest BCUT2D eigenvalue weighted by molar-refractivity contribution is 4.75. The lowest BCUT2D eigenvalue weighted by Crippen LogP contribution is -2.40. The molecule has 0 saturated carbocycles. The molecule has 0 bridgehead atoms. The summed E-state index contributed by atoms with van der Waals surface area (Å²) in [5.41, 5.74) is 0. The van der Waals surface area contributed by atoms with Gasteiger partial charge in [0, 0.05) is 12.6 Å². The molecule has 3 heteroatoms. The van der Waals surface area contributed by atoms with Crippen molar-refractivity contribution in [1.82, 2.24) is 10.6 Å². The lowest BCUT2D eigenvalue weighted by Gasteiger charge is -2.27. The van der Waals surface area contributed by atoms with E-state index in [0.717, 1.165) is 18.9 Å². The third-order valence-electron chi connectivity index (χ3n) is 3.37. The standard InChI is InChI=1S/C12H26N2O/c1-10(2)12(5-8-15)14-9-11-3-6-13-7-4-11/h10-15H,3-9H2,1-2H3. The van der Waals surface area contributed by atoms with E-state index < -0.39 is 0 Å². The number of piperidine rings is 1. The second-order valence-electron chi connectivity index (χ2n) is 4.96. The Morgan fingerprint density at radius 1 is 1.33 bits per heavy atom. The number of rotatable bonds is 6. The highest BCUT2D eigenvalue weighted by atomic mass is 16.3. The Balaban J connectivity index is 2.19. The summed E-state index contributed by atoms with van der Waals surface area (Å²) in [7, 11) is 0. The fourth-order valence-corrected chi connectivity index (χ4v) is 2.21. The summed E-state index contributed by atoms with van der Waals surface area (Å²) in [6.45, 7) is 8.18. The fourth-order valence-electron chi connectivity index (χ4n) is 2.21. The second-order valence-corrected chi connectivity index (χ2v) is 4.96. The molecule has 3 N–H and O–H groups in total. The van der Waals surface area contributed by atoms with Crippen molar-refractivity contribution in [2.75, 3.05) is 26.2 Å². The largest absolute Gasteiger partial charge is 0.396 e. The quantitative estimate of drug-likeness (QED) is 0.617. The molecule has 1 saturated heterocycles. The molecule has 1 unspecified atom stereocenters. The van der Waals surface area contributed by atoms with Crippen molar-refractivity contribution in [2.24, 2.45) is 11.8 Å². The first kappa shape index (κ1) is 12.9. The van der Waals surface area contributed by atoms with Gasteiger partial charge in [-0.1, -0.05) is 13.8 Å². The van der Waals surface area contributed by atoms with E-state index >= 15 is 0 Å². The SMILES string of the molecule is CC(C)C(CCO)NCC1CCNCC1. The summed E-state index contributed by atoms with van der Waals surface area (Å²) in [5.74, 6) is 1.44. The Morgan fingerprint density at radius 2 is 2.00 bits per heavy atom. The highest BCUT2D eigenvalue weighted by Gasteiger charge is 2.16. The van der Waals surface area contributed by atoms with Gasteiger partial charge in [0.25, 0.3) is 0 Å². The topological polar surface area (TPSA) is 44.3 Å². The average Bonchev–Trinajstić information content (AvgIpc) is 2.25. The van der Waals surface area contributed by atoms with E-state index in [-0.39, 0.29) is 0 Å². The molecule has 0 aromatic heterocycles. The molecule has 0 amide bonds. The van der Waals surface area contributed by atoms with Gasteiger partial charge in [-0.2, -0.15) is 0 Å². The molecule has 0 aromatic rings. The van der Waals surface area contributed by atoms with Crippen LogP contribution in [0.1, 0.15) is 33.1 Å². The molecule has 0 spiro atoms. The lowest BCUT2D eigenvalue weighted by atomic mass is 9.96. The summed E-state index contributed by atoms with van der Waals surface area (Å²) in [6, 6.07) is 0.477. The summed E-state index contributed by atoms with van der Waals surface area (Å²) in [4.78, 5) is 0. The Kier molecular flexibility index (Phi) is 6.22. The molecule has 1 aliphatic rings. The molecule has 3 nitrogen and oxygen atoms in total. The van der Waals surface area contributed by atoms with Crippen LogP contribution in [0.15, 0.2) is 0 Å². The van der Waals surface area contributed by atoms with Crippen LogP contribution in [0.2, 0.25) is 0 Å². The molecular weight excluding hydrogens is 188 g/mol. The van der Waals surface area contributed by atoms with Crippen LogP contribution < -0.4 is 10.6 Å². The minimum atomic E-state index is 0.294. The first-order chi connectivity index (χ1) is 7.24. The van der Waals surface area contributed by atoms with Crippen molar-refractivity contribution < 1.29 is 5.11 Å². The van der Waals surface area contributed by atoms with Crippen LogP contribution in [0.5, 0.6) is 0 Å². The van der Waals surface area contributed by atoms with Crippen LogP contribution in [0, 0.1) is 11.8 Å². The van der Waals surface area contributed by atoms with E-state index in [9.17, 15) is 0 Å². The highest BCUT2D eigenvalue weighted by Crippen LogP contribution is 2.12. The summed E-state index contributed by atoms with van der Waals surface area (Å²) >= 11 is 0. The van der Waals surface area contributed by atoms with Crippen LogP contribution in [-0.4, -0.2) is 37.4 Å². The van der Waals surface area contributed by atoms with Crippen LogP contribution >= 0.6 is 0 Å². The predicted octanol–water partition coefficient (Wildman–Crippen LogP) is 0.983. The van der Waals surface area contributed by atoms with E-state index in [4.69, 9.17) is 5.11 Å². The summed E-state index contributed by atoms with van der Waals surface area (Å²) < 4.78 is 0. The van der Waals surface area contributed by atoms with Crippen LogP contribution in [0.4, 0.5) is 0 Å². The zero-order valence-corrected chi connectivity index (χ0v) is 10.1. The first-order valence-corrected chi connectivity index (χ1v) is 6.29. The zero-order chi connectivity index (χ0) is 11.1. The van der Waals surface area contributed by atoms with Gasteiger partial charge in [0.1, 0.15) is 0 Å². The van der Waals surface area contributed by atoms with Gasteiger partial charge in [0.15, 0.2) is 0 Å². The maximum absolute atomic E-state index is 8.97. The van der Waals surface area contributed by atoms with Gasteiger partial charge >= 0.3 is 0 Å². The molecule has 1 fully saturated rings. The minimum Gasteiger partial charge on any atom is -0.396 e. The van der Waals surface area contributed by atoms with E-state index in [1.807, 2.05) is 0 Å². The number of hydrogen-bond acceptors (Lipinski definition) is 3. The van der Waals surface area contributed by atoms with Gasteiger partial charge in [-0.15, -0.1) is 0 Å². The second kappa shape index (κ2) is 7.20. The Morgan fingerprint density at radius 3 is 2.53 bits per heavy atom. The fraction of sp³-hybridized carbons (Fsp3) is 1.00. The van der Waals surface area contributed by atoms with Crippen molar-refractivity contribution >= 4 is 0 Å². The average molecular weight is 214 g/mol. The maximum atomic E-state index is 8.97. The van der Waals surface area contributed by atoms with E-state index in [0.29, 0.717) is 18.6 Å². The minimum absolute atomic E-state index is 0.294. The molecule has 1 heterocycles.